The Hall–Kier alpha value is -2.02. The molecule has 2 rings (SSSR count). The Morgan fingerprint density at radius 2 is 2.14 bits per heavy atom. The third kappa shape index (κ3) is 3.79. The smallest absolute Gasteiger partial charge is 0.237 e. The van der Waals surface area contributed by atoms with E-state index in [0.29, 0.717) is 5.16 Å². The van der Waals surface area contributed by atoms with E-state index >= 15 is 0 Å². The van der Waals surface area contributed by atoms with Gasteiger partial charge in [0.2, 0.25) is 11.1 Å². The van der Waals surface area contributed by atoms with Crippen LogP contribution in [-0.2, 0) is 11.2 Å². The molecule has 0 saturated heterocycles. The van der Waals surface area contributed by atoms with Gasteiger partial charge < -0.3 is 11.2 Å². The van der Waals surface area contributed by atoms with E-state index in [-0.39, 0.29) is 11.2 Å². The van der Waals surface area contributed by atoms with Crippen LogP contribution in [0.1, 0.15) is 31.7 Å². The number of nitrogens with two attached hydrogens (primary N) is 1. The van der Waals surface area contributed by atoms with E-state index in [0.717, 1.165) is 29.9 Å². The highest BCUT2D eigenvalue weighted by molar-refractivity contribution is 8.00. The first kappa shape index (κ1) is 16.4. The van der Waals surface area contributed by atoms with Gasteiger partial charge in [-0.25, -0.2) is 4.68 Å². The third-order valence-electron chi connectivity index (χ3n) is 3.26. The summed E-state index contributed by atoms with van der Waals surface area (Å²) in [5.74, 6) is 6.60. The van der Waals surface area contributed by atoms with Crippen LogP contribution >= 0.6 is 11.8 Å². The van der Waals surface area contributed by atoms with Crippen LogP contribution in [-0.4, -0.2) is 26.0 Å². The highest BCUT2D eigenvalue weighted by atomic mass is 32.2. The van der Waals surface area contributed by atoms with E-state index < -0.39 is 0 Å². The zero-order valence-electron chi connectivity index (χ0n) is 13.0. The molecule has 118 valence electrons. The highest BCUT2D eigenvalue weighted by Crippen LogP contribution is 2.23. The Morgan fingerprint density at radius 3 is 2.82 bits per heavy atom. The van der Waals surface area contributed by atoms with Gasteiger partial charge >= 0.3 is 0 Å². The van der Waals surface area contributed by atoms with Crippen molar-refractivity contribution >= 4 is 23.4 Å². The Morgan fingerprint density at radius 1 is 1.41 bits per heavy atom. The lowest BCUT2D eigenvalue weighted by atomic mass is 10.2. The summed E-state index contributed by atoms with van der Waals surface area (Å²) in [7, 11) is 0. The van der Waals surface area contributed by atoms with Gasteiger partial charge in [0.25, 0.3) is 0 Å². The van der Waals surface area contributed by atoms with E-state index in [4.69, 9.17) is 5.84 Å². The maximum absolute atomic E-state index is 12.3. The summed E-state index contributed by atoms with van der Waals surface area (Å²) in [4.78, 5) is 12.3. The summed E-state index contributed by atoms with van der Waals surface area (Å²) < 4.78 is 1.46. The second-order valence-corrected chi connectivity index (χ2v) is 6.39. The molecular weight excluding hydrogens is 298 g/mol. The van der Waals surface area contributed by atoms with Gasteiger partial charge in [-0.2, -0.15) is 0 Å². The molecule has 1 atom stereocenters. The van der Waals surface area contributed by atoms with Crippen molar-refractivity contribution in [2.45, 2.75) is 44.0 Å². The molecule has 3 N–H and O–H groups in total. The molecule has 0 fully saturated rings. The first-order valence-corrected chi connectivity index (χ1v) is 8.13. The van der Waals surface area contributed by atoms with Crippen LogP contribution in [0.3, 0.4) is 0 Å². The number of nitrogens with zero attached hydrogens (tertiary/aromatic N) is 3. The van der Waals surface area contributed by atoms with Crippen LogP contribution in [0.5, 0.6) is 0 Å². The number of thioether (sulfide) groups is 1. The summed E-state index contributed by atoms with van der Waals surface area (Å²) >= 11 is 1.30. The number of aryl methyl sites for hydroxylation is 2. The topological polar surface area (TPSA) is 85.8 Å². The van der Waals surface area contributed by atoms with Gasteiger partial charge in [0.15, 0.2) is 5.82 Å². The van der Waals surface area contributed by atoms with Crippen LogP contribution in [0.2, 0.25) is 0 Å². The molecule has 0 aliphatic rings. The number of para-hydroxylation sites is 1. The molecule has 0 bridgehead atoms. The monoisotopic (exact) mass is 319 g/mol. The summed E-state index contributed by atoms with van der Waals surface area (Å²) in [6.45, 7) is 5.84. The Kier molecular flexibility index (Phi) is 5.43. The van der Waals surface area contributed by atoms with Gasteiger partial charge in [-0.15, -0.1) is 10.2 Å². The van der Waals surface area contributed by atoms with Gasteiger partial charge in [-0.3, -0.25) is 4.79 Å². The number of amides is 1. The fraction of sp³-hybridized carbons (Fsp3) is 0.400. The molecule has 1 heterocycles. The summed E-state index contributed by atoms with van der Waals surface area (Å²) in [5.41, 5.74) is 1.85. The van der Waals surface area contributed by atoms with E-state index in [1.807, 2.05) is 38.1 Å². The first-order valence-electron chi connectivity index (χ1n) is 7.25. The average Bonchev–Trinajstić information content (AvgIpc) is 2.83. The average molecular weight is 319 g/mol. The third-order valence-corrected chi connectivity index (χ3v) is 4.32. The molecule has 1 unspecified atom stereocenters. The van der Waals surface area contributed by atoms with Gasteiger partial charge in [0.05, 0.1) is 5.25 Å². The predicted octanol–water partition coefficient (Wildman–Crippen LogP) is 2.37. The van der Waals surface area contributed by atoms with Crippen molar-refractivity contribution in [3.8, 4) is 0 Å². The number of carbonyl (C=O) groups excluding carboxylic acids is 1. The number of carbonyl (C=O) groups is 1. The van der Waals surface area contributed by atoms with Crippen molar-refractivity contribution in [3.63, 3.8) is 0 Å². The molecule has 0 spiro atoms. The lowest BCUT2D eigenvalue weighted by Crippen LogP contribution is -2.24. The fourth-order valence-electron chi connectivity index (χ4n) is 1.94. The standard InChI is InChI=1S/C15H21N5OS/c1-4-7-13-18-19-15(20(13)16)22-11(3)14(21)17-12-9-6-5-8-10(12)2/h5-6,8-9,11H,4,7,16H2,1-3H3,(H,17,21). The van der Waals surface area contributed by atoms with E-state index in [1.165, 1.54) is 16.4 Å². The normalized spacial score (nSPS) is 12.1. The Balaban J connectivity index is 2.01. The van der Waals surface area contributed by atoms with Gasteiger partial charge in [0.1, 0.15) is 0 Å². The Bertz CT molecular complexity index is 655. The van der Waals surface area contributed by atoms with Gasteiger partial charge in [0, 0.05) is 12.1 Å². The number of rotatable bonds is 6. The molecule has 1 aromatic heterocycles. The minimum absolute atomic E-state index is 0.0839. The van der Waals surface area contributed by atoms with Crippen molar-refractivity contribution in [2.75, 3.05) is 11.2 Å². The number of benzene rings is 1. The molecule has 2 aromatic rings. The lowest BCUT2D eigenvalue weighted by Gasteiger charge is -2.13. The van der Waals surface area contributed by atoms with Crippen molar-refractivity contribution in [1.82, 2.24) is 14.9 Å². The van der Waals surface area contributed by atoms with Crippen molar-refractivity contribution in [1.29, 1.82) is 0 Å². The molecule has 6 nitrogen and oxygen atoms in total. The first-order chi connectivity index (χ1) is 10.5. The number of hydrogen-bond donors (Lipinski definition) is 2. The molecule has 0 radical (unpaired) electrons. The minimum atomic E-state index is -0.319. The van der Waals surface area contributed by atoms with Crippen LogP contribution in [0.25, 0.3) is 0 Å². The maximum atomic E-state index is 12.3. The second kappa shape index (κ2) is 7.31. The van der Waals surface area contributed by atoms with Crippen LogP contribution in [0.15, 0.2) is 29.4 Å². The minimum Gasteiger partial charge on any atom is -0.336 e. The molecular formula is C15H21N5OS. The van der Waals surface area contributed by atoms with Crippen molar-refractivity contribution in [2.24, 2.45) is 0 Å². The molecule has 7 heteroatoms. The van der Waals surface area contributed by atoms with Crippen molar-refractivity contribution < 1.29 is 4.79 Å². The Labute approximate surface area is 134 Å². The second-order valence-electron chi connectivity index (χ2n) is 5.08. The maximum Gasteiger partial charge on any atom is 0.237 e. The molecule has 1 amide bonds. The van der Waals surface area contributed by atoms with Crippen LogP contribution in [0.4, 0.5) is 5.69 Å². The molecule has 0 aliphatic heterocycles. The summed E-state index contributed by atoms with van der Waals surface area (Å²) in [6.07, 6.45) is 1.72. The van der Waals surface area contributed by atoms with Crippen LogP contribution in [0, 0.1) is 6.92 Å². The van der Waals surface area contributed by atoms with Gasteiger partial charge in [-0.1, -0.05) is 36.9 Å². The zero-order chi connectivity index (χ0) is 16.1. The van der Waals surface area contributed by atoms with Gasteiger partial charge in [-0.05, 0) is 31.9 Å². The van der Waals surface area contributed by atoms with E-state index in [9.17, 15) is 4.79 Å². The largest absolute Gasteiger partial charge is 0.336 e. The van der Waals surface area contributed by atoms with E-state index in [1.54, 1.807) is 0 Å². The number of nitrogens with one attached hydrogen (secondary N) is 1. The van der Waals surface area contributed by atoms with E-state index in [2.05, 4.69) is 22.4 Å². The molecule has 0 aliphatic carbocycles. The number of hydrogen-bond acceptors (Lipinski definition) is 5. The highest BCUT2D eigenvalue weighted by Gasteiger charge is 2.19. The number of aromatic nitrogens is 3. The predicted molar refractivity (Wildman–Crippen MR) is 89.3 cm³/mol. The number of anilines is 1. The number of nitrogen functional groups attached to an aromatic ring is 1. The summed E-state index contributed by atoms with van der Waals surface area (Å²) in [5, 5.41) is 11.3. The van der Waals surface area contributed by atoms with Crippen molar-refractivity contribution in [3.05, 3.63) is 35.7 Å². The molecule has 0 saturated carbocycles. The molecule has 22 heavy (non-hydrogen) atoms. The lowest BCUT2D eigenvalue weighted by molar-refractivity contribution is -0.115. The quantitative estimate of drug-likeness (QED) is 0.630. The van der Waals surface area contributed by atoms with Crippen LogP contribution < -0.4 is 11.2 Å². The molecule has 1 aromatic carbocycles. The fourth-order valence-corrected chi connectivity index (χ4v) is 2.73. The summed E-state index contributed by atoms with van der Waals surface area (Å²) in [6, 6.07) is 7.68. The zero-order valence-corrected chi connectivity index (χ0v) is 13.9. The SMILES string of the molecule is CCCc1nnc(SC(C)C(=O)Nc2ccccc2C)n1N.